The second-order valence-corrected chi connectivity index (χ2v) is 8.25. The summed E-state index contributed by atoms with van der Waals surface area (Å²) in [6.45, 7) is 4.28. The smallest absolute Gasteiger partial charge is 0.250 e. The fourth-order valence-electron chi connectivity index (χ4n) is 3.00. The number of rotatable bonds is 6. The van der Waals surface area contributed by atoms with E-state index < -0.39 is 0 Å². The molecule has 3 aromatic rings. The van der Waals surface area contributed by atoms with E-state index in [2.05, 4.69) is 30.5 Å². The molecule has 1 aromatic heterocycles. The molecule has 1 heterocycles. The minimum absolute atomic E-state index is 0.235. The van der Waals surface area contributed by atoms with Crippen molar-refractivity contribution >= 4 is 58.2 Å². The maximum Gasteiger partial charge on any atom is 0.250 e. The van der Waals surface area contributed by atoms with Crippen molar-refractivity contribution in [2.75, 3.05) is 5.32 Å². The standard InChI is InChI=1S/C24H22Cl2N2O2S/c1-3-15(2)18-6-4-5-7-21(18)27-24(31)28-23(29)13-10-17-9-12-22(30-17)19-11-8-16(25)14-20(19)26/h4-15H,3H2,1-2H3,(H2,27,28,29,31)/b13-10+/t15-/m0/s1. The molecule has 0 fully saturated rings. The molecule has 0 spiro atoms. The Balaban J connectivity index is 1.61. The van der Waals surface area contributed by atoms with E-state index in [-0.39, 0.29) is 11.0 Å². The van der Waals surface area contributed by atoms with Crippen molar-refractivity contribution in [3.8, 4) is 11.3 Å². The van der Waals surface area contributed by atoms with Crippen LogP contribution >= 0.6 is 35.4 Å². The highest BCUT2D eigenvalue weighted by Gasteiger charge is 2.11. The van der Waals surface area contributed by atoms with Gasteiger partial charge in [0.1, 0.15) is 11.5 Å². The van der Waals surface area contributed by atoms with Gasteiger partial charge in [0, 0.05) is 22.3 Å². The first-order valence-electron chi connectivity index (χ1n) is 9.81. The van der Waals surface area contributed by atoms with Gasteiger partial charge >= 0.3 is 0 Å². The topological polar surface area (TPSA) is 54.3 Å². The van der Waals surface area contributed by atoms with Crippen LogP contribution in [0.2, 0.25) is 10.0 Å². The maximum atomic E-state index is 12.3. The van der Waals surface area contributed by atoms with Crippen LogP contribution in [0.4, 0.5) is 5.69 Å². The summed E-state index contributed by atoms with van der Waals surface area (Å²) in [5, 5.41) is 7.04. The van der Waals surface area contributed by atoms with Crippen molar-refractivity contribution in [2.45, 2.75) is 26.2 Å². The number of halogens is 2. The minimum atomic E-state index is -0.360. The molecular formula is C24H22Cl2N2O2S. The van der Waals surface area contributed by atoms with Crippen molar-refractivity contribution in [3.05, 3.63) is 82.0 Å². The van der Waals surface area contributed by atoms with Gasteiger partial charge in [0.2, 0.25) is 5.91 Å². The summed E-state index contributed by atoms with van der Waals surface area (Å²) in [7, 11) is 0. The molecule has 0 aliphatic heterocycles. The van der Waals surface area contributed by atoms with Gasteiger partial charge in [-0.2, -0.15) is 0 Å². The van der Waals surface area contributed by atoms with E-state index in [1.54, 1.807) is 36.4 Å². The predicted molar refractivity (Wildman–Crippen MR) is 133 cm³/mol. The lowest BCUT2D eigenvalue weighted by molar-refractivity contribution is -0.115. The molecule has 0 saturated carbocycles. The van der Waals surface area contributed by atoms with Crippen molar-refractivity contribution in [1.29, 1.82) is 0 Å². The van der Waals surface area contributed by atoms with Crippen molar-refractivity contribution < 1.29 is 9.21 Å². The third-order valence-corrected chi connectivity index (χ3v) is 5.56. The Morgan fingerprint density at radius 2 is 1.94 bits per heavy atom. The number of amides is 1. The number of furan rings is 1. The average Bonchev–Trinajstić information content (AvgIpc) is 3.20. The molecule has 3 rings (SSSR count). The van der Waals surface area contributed by atoms with Gasteiger partial charge in [-0.15, -0.1) is 0 Å². The zero-order valence-electron chi connectivity index (χ0n) is 17.1. The lowest BCUT2D eigenvalue weighted by Gasteiger charge is -2.16. The first-order chi connectivity index (χ1) is 14.9. The second kappa shape index (κ2) is 10.6. The quantitative estimate of drug-likeness (QED) is 0.292. The molecule has 2 aromatic carbocycles. The van der Waals surface area contributed by atoms with Gasteiger partial charge in [0.05, 0.1) is 5.02 Å². The van der Waals surface area contributed by atoms with Gasteiger partial charge in [-0.3, -0.25) is 10.1 Å². The van der Waals surface area contributed by atoms with Crippen LogP contribution in [0.5, 0.6) is 0 Å². The number of carbonyl (C=O) groups excluding carboxylic acids is 1. The van der Waals surface area contributed by atoms with Crippen molar-refractivity contribution in [1.82, 2.24) is 5.32 Å². The van der Waals surface area contributed by atoms with Crippen molar-refractivity contribution in [3.63, 3.8) is 0 Å². The van der Waals surface area contributed by atoms with Crippen LogP contribution in [0.25, 0.3) is 17.4 Å². The summed E-state index contributed by atoms with van der Waals surface area (Å²) in [6.07, 6.45) is 3.94. The SMILES string of the molecule is CC[C@H](C)c1ccccc1NC(=S)NC(=O)/C=C/c1ccc(-c2ccc(Cl)cc2Cl)o1. The van der Waals surface area contributed by atoms with E-state index in [4.69, 9.17) is 39.8 Å². The Morgan fingerprint density at radius 1 is 1.16 bits per heavy atom. The van der Waals surface area contributed by atoms with E-state index in [1.165, 1.54) is 6.08 Å². The molecule has 1 amide bonds. The first kappa shape index (κ1) is 23.1. The minimum Gasteiger partial charge on any atom is -0.457 e. The van der Waals surface area contributed by atoms with E-state index in [0.717, 1.165) is 23.2 Å². The molecule has 7 heteroatoms. The molecule has 0 radical (unpaired) electrons. The Morgan fingerprint density at radius 3 is 2.68 bits per heavy atom. The van der Waals surface area contributed by atoms with Crippen LogP contribution in [0.1, 0.15) is 37.5 Å². The summed E-state index contributed by atoms with van der Waals surface area (Å²) in [6, 6.07) is 16.6. The number of para-hydroxylation sites is 1. The zero-order valence-corrected chi connectivity index (χ0v) is 19.4. The average molecular weight is 473 g/mol. The fraction of sp³-hybridized carbons (Fsp3) is 0.167. The third-order valence-electron chi connectivity index (χ3n) is 4.81. The molecule has 1 atom stereocenters. The lowest BCUT2D eigenvalue weighted by Crippen LogP contribution is -2.33. The highest BCUT2D eigenvalue weighted by molar-refractivity contribution is 7.80. The monoisotopic (exact) mass is 472 g/mol. The van der Waals surface area contributed by atoms with E-state index >= 15 is 0 Å². The largest absolute Gasteiger partial charge is 0.457 e. The first-order valence-corrected chi connectivity index (χ1v) is 11.0. The summed E-state index contributed by atoms with van der Waals surface area (Å²) >= 11 is 17.4. The zero-order chi connectivity index (χ0) is 22.4. The van der Waals surface area contributed by atoms with Crippen LogP contribution in [-0.2, 0) is 4.79 Å². The van der Waals surface area contributed by atoms with Crippen LogP contribution in [0.3, 0.4) is 0 Å². The van der Waals surface area contributed by atoms with Gasteiger partial charge in [-0.05, 0) is 72.6 Å². The number of hydrogen-bond donors (Lipinski definition) is 2. The molecule has 0 unspecified atom stereocenters. The Bertz CT molecular complexity index is 1120. The number of carbonyl (C=O) groups is 1. The third kappa shape index (κ3) is 6.20. The second-order valence-electron chi connectivity index (χ2n) is 7.00. The van der Waals surface area contributed by atoms with Crippen LogP contribution in [-0.4, -0.2) is 11.0 Å². The van der Waals surface area contributed by atoms with E-state index in [1.807, 2.05) is 18.2 Å². The predicted octanol–water partition coefficient (Wildman–Crippen LogP) is 7.29. The van der Waals surface area contributed by atoms with Crippen LogP contribution in [0.15, 0.2) is 65.1 Å². The van der Waals surface area contributed by atoms with Gasteiger partial charge in [-0.25, -0.2) is 0 Å². The van der Waals surface area contributed by atoms with Crippen LogP contribution in [0, 0.1) is 0 Å². The molecule has 2 N–H and O–H groups in total. The molecule has 0 bridgehead atoms. The Labute approximate surface area is 197 Å². The number of benzene rings is 2. The van der Waals surface area contributed by atoms with Crippen LogP contribution < -0.4 is 10.6 Å². The molecule has 160 valence electrons. The molecule has 4 nitrogen and oxygen atoms in total. The number of nitrogens with one attached hydrogen (secondary N) is 2. The summed E-state index contributed by atoms with van der Waals surface area (Å²) in [5.41, 5.74) is 2.77. The summed E-state index contributed by atoms with van der Waals surface area (Å²) in [5.74, 6) is 1.11. The van der Waals surface area contributed by atoms with Gasteiger partial charge in [0.25, 0.3) is 0 Å². The Hall–Kier alpha value is -2.60. The lowest BCUT2D eigenvalue weighted by atomic mass is 9.97. The molecule has 0 saturated heterocycles. The number of thiocarbonyl (C=S) groups is 1. The van der Waals surface area contributed by atoms with Gasteiger partial charge < -0.3 is 9.73 Å². The summed E-state index contributed by atoms with van der Waals surface area (Å²) < 4.78 is 5.75. The molecule has 31 heavy (non-hydrogen) atoms. The number of anilines is 1. The van der Waals surface area contributed by atoms with Gasteiger partial charge in [-0.1, -0.05) is 55.2 Å². The molecule has 0 aliphatic carbocycles. The van der Waals surface area contributed by atoms with Gasteiger partial charge in [0.15, 0.2) is 5.11 Å². The molecule has 0 aliphatic rings. The Kier molecular flexibility index (Phi) is 7.91. The van der Waals surface area contributed by atoms with Crippen molar-refractivity contribution in [2.24, 2.45) is 0 Å². The number of hydrogen-bond acceptors (Lipinski definition) is 3. The maximum absolute atomic E-state index is 12.3. The normalized spacial score (nSPS) is 12.0. The highest BCUT2D eigenvalue weighted by atomic mass is 35.5. The summed E-state index contributed by atoms with van der Waals surface area (Å²) in [4.78, 5) is 12.3. The van der Waals surface area contributed by atoms with E-state index in [0.29, 0.717) is 27.5 Å². The molecular weight excluding hydrogens is 451 g/mol. The fourth-order valence-corrected chi connectivity index (χ4v) is 3.71. The highest BCUT2D eigenvalue weighted by Crippen LogP contribution is 2.31. The van der Waals surface area contributed by atoms with E-state index in [9.17, 15) is 4.79 Å².